The lowest BCUT2D eigenvalue weighted by atomic mass is 9.95. The molecule has 0 saturated carbocycles. The highest BCUT2D eigenvalue weighted by Gasteiger charge is 2.18. The molecule has 0 aromatic carbocycles. The highest BCUT2D eigenvalue weighted by Crippen LogP contribution is 2.15. The van der Waals surface area contributed by atoms with Gasteiger partial charge in [0.25, 0.3) is 0 Å². The summed E-state index contributed by atoms with van der Waals surface area (Å²) in [6, 6.07) is 0. The Labute approximate surface area is 60.2 Å². The third-order valence-electron chi connectivity index (χ3n) is 1.42. The monoisotopic (exact) mass is 143 g/mol. The molecular formula is C7H10ClN. The van der Waals surface area contributed by atoms with Crippen LogP contribution in [-0.2, 0) is 0 Å². The largest absolute Gasteiger partial charge is 0.321 e. The first kappa shape index (κ1) is 6.84. The van der Waals surface area contributed by atoms with Gasteiger partial charge in [-0.15, -0.1) is 11.6 Å². The minimum atomic E-state index is -0.281. The maximum Gasteiger partial charge on any atom is 0.0514 e. The molecule has 0 aromatic heterocycles. The first-order valence-electron chi connectivity index (χ1n) is 2.96. The fraction of sp³-hybridized carbons (Fsp3) is 0.429. The molecule has 1 unspecified atom stereocenters. The van der Waals surface area contributed by atoms with Gasteiger partial charge in [-0.25, -0.2) is 0 Å². The molecule has 0 radical (unpaired) electrons. The topological polar surface area (TPSA) is 26.0 Å². The van der Waals surface area contributed by atoms with Crippen LogP contribution in [0.25, 0.3) is 0 Å². The Balaban J connectivity index is 2.63. The lowest BCUT2D eigenvalue weighted by molar-refractivity contribution is 0.596. The summed E-state index contributed by atoms with van der Waals surface area (Å²) in [5, 5.41) is 0. The van der Waals surface area contributed by atoms with Gasteiger partial charge in [-0.3, -0.25) is 0 Å². The average Bonchev–Trinajstić information content (AvgIpc) is 1.90. The van der Waals surface area contributed by atoms with Gasteiger partial charge < -0.3 is 5.73 Å². The van der Waals surface area contributed by atoms with Gasteiger partial charge in [0.05, 0.1) is 5.54 Å². The smallest absolute Gasteiger partial charge is 0.0514 e. The van der Waals surface area contributed by atoms with Crippen LogP contribution in [-0.4, -0.2) is 11.4 Å². The summed E-state index contributed by atoms with van der Waals surface area (Å²) >= 11 is 5.61. The van der Waals surface area contributed by atoms with E-state index in [1.54, 1.807) is 0 Å². The van der Waals surface area contributed by atoms with Crippen LogP contribution in [0.3, 0.4) is 0 Å². The van der Waals surface area contributed by atoms with E-state index < -0.39 is 0 Å². The normalized spacial score (nSPS) is 33.1. The molecule has 0 aromatic rings. The zero-order valence-electron chi connectivity index (χ0n) is 5.18. The summed E-state index contributed by atoms with van der Waals surface area (Å²) in [5.41, 5.74) is 5.51. The summed E-state index contributed by atoms with van der Waals surface area (Å²) in [4.78, 5) is 0. The van der Waals surface area contributed by atoms with Crippen molar-refractivity contribution in [2.45, 2.75) is 12.0 Å². The average molecular weight is 144 g/mol. The molecule has 0 heterocycles. The summed E-state index contributed by atoms with van der Waals surface area (Å²) in [5.74, 6) is 0.494. The van der Waals surface area contributed by atoms with E-state index in [4.69, 9.17) is 17.3 Å². The SMILES string of the molecule is NC1(CCl)C=CC=CC1. The number of nitrogens with two attached hydrogens (primary N) is 1. The minimum absolute atomic E-state index is 0.281. The molecular weight excluding hydrogens is 134 g/mol. The van der Waals surface area contributed by atoms with Gasteiger partial charge in [0.15, 0.2) is 0 Å². The van der Waals surface area contributed by atoms with E-state index in [-0.39, 0.29) is 5.54 Å². The lowest BCUT2D eigenvalue weighted by Gasteiger charge is -2.22. The van der Waals surface area contributed by atoms with Crippen LogP contribution in [0.1, 0.15) is 6.42 Å². The molecule has 1 aliphatic carbocycles. The molecule has 0 amide bonds. The van der Waals surface area contributed by atoms with E-state index in [1.807, 2.05) is 24.3 Å². The van der Waals surface area contributed by atoms with Crippen molar-refractivity contribution in [3.8, 4) is 0 Å². The summed E-state index contributed by atoms with van der Waals surface area (Å²) in [6.45, 7) is 0. The predicted molar refractivity (Wildman–Crippen MR) is 40.5 cm³/mol. The van der Waals surface area contributed by atoms with E-state index in [2.05, 4.69) is 0 Å². The van der Waals surface area contributed by atoms with Gasteiger partial charge in [0.1, 0.15) is 0 Å². The van der Waals surface area contributed by atoms with Crippen molar-refractivity contribution in [1.82, 2.24) is 0 Å². The number of hydrogen-bond donors (Lipinski definition) is 1. The van der Waals surface area contributed by atoms with Crippen molar-refractivity contribution in [2.75, 3.05) is 5.88 Å². The number of rotatable bonds is 1. The van der Waals surface area contributed by atoms with Crippen molar-refractivity contribution in [3.05, 3.63) is 24.3 Å². The van der Waals surface area contributed by atoms with Gasteiger partial charge in [-0.2, -0.15) is 0 Å². The number of alkyl halides is 1. The standard InChI is InChI=1S/C7H10ClN/c8-6-7(9)4-2-1-3-5-7/h1-4H,5-6,9H2. The molecule has 0 saturated heterocycles. The molecule has 0 bridgehead atoms. The van der Waals surface area contributed by atoms with Gasteiger partial charge in [0.2, 0.25) is 0 Å². The molecule has 50 valence electrons. The van der Waals surface area contributed by atoms with E-state index >= 15 is 0 Å². The zero-order valence-corrected chi connectivity index (χ0v) is 5.93. The Hall–Kier alpha value is -0.270. The van der Waals surface area contributed by atoms with Crippen molar-refractivity contribution < 1.29 is 0 Å². The summed E-state index contributed by atoms with van der Waals surface area (Å²) < 4.78 is 0. The molecule has 2 heteroatoms. The molecule has 2 N–H and O–H groups in total. The molecule has 0 aliphatic heterocycles. The van der Waals surface area contributed by atoms with E-state index in [1.165, 1.54) is 0 Å². The van der Waals surface area contributed by atoms with Crippen LogP contribution in [0.15, 0.2) is 24.3 Å². The second kappa shape index (κ2) is 2.54. The van der Waals surface area contributed by atoms with E-state index in [9.17, 15) is 0 Å². The predicted octanol–water partition coefficient (Wildman–Crippen LogP) is 1.44. The van der Waals surface area contributed by atoms with Crippen LogP contribution in [0, 0.1) is 0 Å². The van der Waals surface area contributed by atoms with Crippen LogP contribution in [0.5, 0.6) is 0 Å². The van der Waals surface area contributed by atoms with E-state index in [0.29, 0.717) is 5.88 Å². The van der Waals surface area contributed by atoms with Crippen molar-refractivity contribution in [1.29, 1.82) is 0 Å². The fourth-order valence-electron chi connectivity index (χ4n) is 0.780. The third kappa shape index (κ3) is 1.57. The minimum Gasteiger partial charge on any atom is -0.321 e. The number of allylic oxidation sites excluding steroid dienone is 2. The number of hydrogen-bond acceptors (Lipinski definition) is 1. The van der Waals surface area contributed by atoms with Gasteiger partial charge in [0, 0.05) is 5.88 Å². The van der Waals surface area contributed by atoms with Gasteiger partial charge >= 0.3 is 0 Å². The van der Waals surface area contributed by atoms with E-state index in [0.717, 1.165) is 6.42 Å². The van der Waals surface area contributed by atoms with Crippen LogP contribution >= 0.6 is 11.6 Å². The van der Waals surface area contributed by atoms with Crippen LogP contribution in [0.4, 0.5) is 0 Å². The molecule has 1 rings (SSSR count). The molecule has 1 aliphatic rings. The second-order valence-electron chi connectivity index (χ2n) is 2.36. The van der Waals surface area contributed by atoms with Crippen LogP contribution < -0.4 is 5.73 Å². The van der Waals surface area contributed by atoms with Gasteiger partial charge in [-0.05, 0) is 6.42 Å². The maximum atomic E-state index is 5.79. The maximum absolute atomic E-state index is 5.79. The quantitative estimate of drug-likeness (QED) is 0.553. The third-order valence-corrected chi connectivity index (χ3v) is 1.92. The summed E-state index contributed by atoms with van der Waals surface area (Å²) in [6.07, 6.45) is 8.75. The van der Waals surface area contributed by atoms with Crippen LogP contribution in [0.2, 0.25) is 0 Å². The Morgan fingerprint density at radius 1 is 1.56 bits per heavy atom. The summed E-state index contributed by atoms with van der Waals surface area (Å²) in [7, 11) is 0. The fourth-order valence-corrected chi connectivity index (χ4v) is 0.979. The van der Waals surface area contributed by atoms with Gasteiger partial charge in [-0.1, -0.05) is 24.3 Å². The van der Waals surface area contributed by atoms with Crippen molar-refractivity contribution >= 4 is 11.6 Å². The zero-order chi connectivity index (χ0) is 6.74. The molecule has 1 atom stereocenters. The molecule has 0 fully saturated rings. The lowest BCUT2D eigenvalue weighted by Crippen LogP contribution is -2.39. The first-order valence-corrected chi connectivity index (χ1v) is 3.49. The molecule has 1 nitrogen and oxygen atoms in total. The molecule has 0 spiro atoms. The Morgan fingerprint density at radius 2 is 2.33 bits per heavy atom. The Morgan fingerprint density at radius 3 is 2.67 bits per heavy atom. The van der Waals surface area contributed by atoms with Crippen molar-refractivity contribution in [2.24, 2.45) is 5.73 Å². The number of halogens is 1. The Bertz CT molecular complexity index is 151. The highest BCUT2D eigenvalue weighted by molar-refractivity contribution is 6.18. The Kier molecular flexibility index (Phi) is 1.94. The second-order valence-corrected chi connectivity index (χ2v) is 2.63. The first-order chi connectivity index (χ1) is 4.27. The van der Waals surface area contributed by atoms with Crippen molar-refractivity contribution in [3.63, 3.8) is 0 Å². The highest BCUT2D eigenvalue weighted by atomic mass is 35.5. The molecule has 9 heavy (non-hydrogen) atoms.